The Hall–Kier alpha value is -2.14. The Morgan fingerprint density at radius 3 is 2.71 bits per heavy atom. The summed E-state index contributed by atoms with van der Waals surface area (Å²) in [5.41, 5.74) is 6.71. The van der Waals surface area contributed by atoms with Crippen LogP contribution in [0.3, 0.4) is 0 Å². The molecule has 0 saturated carbocycles. The van der Waals surface area contributed by atoms with Crippen molar-refractivity contribution in [2.45, 2.75) is 4.90 Å². The number of nitrogen functional groups attached to an aromatic ring is 1. The molecule has 2 aromatic carbocycles. The fourth-order valence-corrected chi connectivity index (χ4v) is 2.59. The van der Waals surface area contributed by atoms with E-state index in [0.29, 0.717) is 23.5 Å². The smallest absolute Gasteiger partial charge is 0.253 e. The molecular formula is C16H18N2O2S. The molecule has 0 fully saturated rings. The number of carbonyl (C=O) groups is 1. The van der Waals surface area contributed by atoms with Crippen LogP contribution in [0.25, 0.3) is 0 Å². The van der Waals surface area contributed by atoms with Gasteiger partial charge in [0.05, 0.1) is 12.7 Å². The molecule has 0 bridgehead atoms. The van der Waals surface area contributed by atoms with Gasteiger partial charge in [0.2, 0.25) is 0 Å². The quantitative estimate of drug-likeness (QED) is 0.489. The maximum absolute atomic E-state index is 12.1. The number of rotatable bonds is 6. The summed E-state index contributed by atoms with van der Waals surface area (Å²) in [7, 11) is 1.56. The number of nitrogens with one attached hydrogen (secondary N) is 1. The Balaban J connectivity index is 1.84. The summed E-state index contributed by atoms with van der Waals surface area (Å²) in [5.74, 6) is 1.24. The van der Waals surface area contributed by atoms with E-state index in [1.165, 1.54) is 4.90 Å². The molecule has 21 heavy (non-hydrogen) atoms. The topological polar surface area (TPSA) is 64.3 Å². The second kappa shape index (κ2) is 7.59. The highest BCUT2D eigenvalue weighted by Gasteiger charge is 2.10. The van der Waals surface area contributed by atoms with Crippen molar-refractivity contribution >= 4 is 23.4 Å². The monoisotopic (exact) mass is 302 g/mol. The van der Waals surface area contributed by atoms with E-state index in [-0.39, 0.29) is 5.91 Å². The molecule has 3 N–H and O–H groups in total. The molecule has 0 saturated heterocycles. The number of amides is 1. The van der Waals surface area contributed by atoms with Crippen LogP contribution in [0.4, 0.5) is 5.69 Å². The van der Waals surface area contributed by atoms with E-state index >= 15 is 0 Å². The van der Waals surface area contributed by atoms with Crippen molar-refractivity contribution in [1.29, 1.82) is 0 Å². The molecule has 2 rings (SSSR count). The van der Waals surface area contributed by atoms with Crippen LogP contribution in [-0.2, 0) is 0 Å². The molecule has 0 unspecified atom stereocenters. The van der Waals surface area contributed by atoms with E-state index in [4.69, 9.17) is 10.5 Å². The Kier molecular flexibility index (Phi) is 5.51. The van der Waals surface area contributed by atoms with E-state index in [1.807, 2.05) is 30.3 Å². The third-order valence-corrected chi connectivity index (χ3v) is 3.92. The van der Waals surface area contributed by atoms with E-state index in [0.717, 1.165) is 5.75 Å². The van der Waals surface area contributed by atoms with E-state index < -0.39 is 0 Å². The minimum Gasteiger partial charge on any atom is -0.497 e. The van der Waals surface area contributed by atoms with E-state index in [9.17, 15) is 4.79 Å². The summed E-state index contributed by atoms with van der Waals surface area (Å²) < 4.78 is 5.10. The van der Waals surface area contributed by atoms with Gasteiger partial charge in [0.25, 0.3) is 5.91 Å². The van der Waals surface area contributed by atoms with Crippen molar-refractivity contribution in [2.24, 2.45) is 0 Å². The zero-order chi connectivity index (χ0) is 15.1. The van der Waals surface area contributed by atoms with Gasteiger partial charge in [-0.25, -0.2) is 0 Å². The van der Waals surface area contributed by atoms with Crippen LogP contribution >= 0.6 is 11.8 Å². The molecule has 0 aliphatic rings. The van der Waals surface area contributed by atoms with Gasteiger partial charge in [-0.2, -0.15) is 0 Å². The fraction of sp³-hybridized carbons (Fsp3) is 0.188. The number of hydrogen-bond donors (Lipinski definition) is 2. The number of benzene rings is 2. The second-order valence-electron chi connectivity index (χ2n) is 4.37. The van der Waals surface area contributed by atoms with Crippen molar-refractivity contribution in [1.82, 2.24) is 5.32 Å². The molecule has 0 aromatic heterocycles. The van der Waals surface area contributed by atoms with Gasteiger partial charge in [-0.15, -0.1) is 11.8 Å². The highest BCUT2D eigenvalue weighted by Crippen LogP contribution is 2.19. The van der Waals surface area contributed by atoms with Crippen LogP contribution in [0.5, 0.6) is 5.75 Å². The maximum Gasteiger partial charge on any atom is 0.253 e. The van der Waals surface area contributed by atoms with Crippen molar-refractivity contribution in [3.05, 3.63) is 54.1 Å². The first-order valence-corrected chi connectivity index (χ1v) is 7.59. The van der Waals surface area contributed by atoms with Gasteiger partial charge in [0.1, 0.15) is 5.75 Å². The molecule has 0 heterocycles. The van der Waals surface area contributed by atoms with Gasteiger partial charge in [-0.1, -0.05) is 18.2 Å². The minimum atomic E-state index is -0.180. The van der Waals surface area contributed by atoms with Gasteiger partial charge in [0.15, 0.2) is 0 Å². The number of nitrogens with two attached hydrogens (primary N) is 1. The molecule has 0 aliphatic carbocycles. The molecule has 1 amide bonds. The number of thioether (sulfide) groups is 1. The number of hydrogen-bond acceptors (Lipinski definition) is 4. The lowest BCUT2D eigenvalue weighted by Crippen LogP contribution is -2.26. The molecule has 4 nitrogen and oxygen atoms in total. The Morgan fingerprint density at radius 2 is 2.00 bits per heavy atom. The summed E-state index contributed by atoms with van der Waals surface area (Å²) in [4.78, 5) is 13.3. The summed E-state index contributed by atoms with van der Waals surface area (Å²) in [5, 5.41) is 2.87. The summed E-state index contributed by atoms with van der Waals surface area (Å²) >= 11 is 1.70. The molecule has 110 valence electrons. The van der Waals surface area contributed by atoms with E-state index in [2.05, 4.69) is 5.32 Å². The summed E-state index contributed by atoms with van der Waals surface area (Å²) in [6.07, 6.45) is 0. The van der Waals surface area contributed by atoms with Crippen LogP contribution in [0.15, 0.2) is 53.4 Å². The maximum atomic E-state index is 12.1. The lowest BCUT2D eigenvalue weighted by atomic mass is 10.1. The second-order valence-corrected chi connectivity index (χ2v) is 5.54. The Labute approximate surface area is 128 Å². The summed E-state index contributed by atoms with van der Waals surface area (Å²) in [6, 6.07) is 15.1. The largest absolute Gasteiger partial charge is 0.497 e. The lowest BCUT2D eigenvalue weighted by Gasteiger charge is -2.09. The van der Waals surface area contributed by atoms with Crippen LogP contribution in [-0.4, -0.2) is 25.3 Å². The number of ether oxygens (including phenoxy) is 1. The number of methoxy groups -OCH3 is 1. The number of carbonyl (C=O) groups excluding carboxylic acids is 1. The highest BCUT2D eigenvalue weighted by atomic mass is 32.2. The zero-order valence-electron chi connectivity index (χ0n) is 11.8. The third kappa shape index (κ3) is 4.43. The van der Waals surface area contributed by atoms with Crippen molar-refractivity contribution in [2.75, 3.05) is 25.1 Å². The van der Waals surface area contributed by atoms with Crippen LogP contribution in [0.2, 0.25) is 0 Å². The fourth-order valence-electron chi connectivity index (χ4n) is 1.80. The molecule has 2 aromatic rings. The first-order valence-electron chi connectivity index (χ1n) is 6.60. The molecule has 0 radical (unpaired) electrons. The van der Waals surface area contributed by atoms with Gasteiger partial charge in [-0.05, 0) is 30.3 Å². The Morgan fingerprint density at radius 1 is 1.24 bits per heavy atom. The van der Waals surface area contributed by atoms with Gasteiger partial charge < -0.3 is 15.8 Å². The number of anilines is 1. The standard InChI is InChI=1S/C16H18N2O2S/c1-20-12-7-8-15(17)14(11-12)16(19)18-9-10-21-13-5-3-2-4-6-13/h2-8,11H,9-10,17H2,1H3,(H,18,19). The molecule has 0 atom stereocenters. The average Bonchev–Trinajstić information content (AvgIpc) is 2.53. The first-order chi connectivity index (χ1) is 10.2. The van der Waals surface area contributed by atoms with Crippen LogP contribution < -0.4 is 15.8 Å². The first kappa shape index (κ1) is 15.3. The average molecular weight is 302 g/mol. The summed E-state index contributed by atoms with van der Waals surface area (Å²) in [6.45, 7) is 0.578. The van der Waals surface area contributed by atoms with Gasteiger partial charge in [0, 0.05) is 22.9 Å². The predicted molar refractivity (Wildman–Crippen MR) is 86.9 cm³/mol. The van der Waals surface area contributed by atoms with Crippen LogP contribution in [0, 0.1) is 0 Å². The predicted octanol–water partition coefficient (Wildman–Crippen LogP) is 2.80. The molecule has 0 aliphatic heterocycles. The van der Waals surface area contributed by atoms with Gasteiger partial charge >= 0.3 is 0 Å². The molecule has 5 heteroatoms. The van der Waals surface area contributed by atoms with Crippen molar-refractivity contribution in [3.63, 3.8) is 0 Å². The zero-order valence-corrected chi connectivity index (χ0v) is 12.7. The van der Waals surface area contributed by atoms with Crippen LogP contribution in [0.1, 0.15) is 10.4 Å². The third-order valence-electron chi connectivity index (χ3n) is 2.90. The molecular weight excluding hydrogens is 284 g/mol. The highest BCUT2D eigenvalue weighted by molar-refractivity contribution is 7.99. The lowest BCUT2D eigenvalue weighted by molar-refractivity contribution is 0.0956. The van der Waals surface area contributed by atoms with E-state index in [1.54, 1.807) is 37.1 Å². The SMILES string of the molecule is COc1ccc(N)c(C(=O)NCCSc2ccccc2)c1. The van der Waals surface area contributed by atoms with Crippen molar-refractivity contribution < 1.29 is 9.53 Å². The normalized spacial score (nSPS) is 10.1. The van der Waals surface area contributed by atoms with Gasteiger partial charge in [-0.3, -0.25) is 4.79 Å². The Bertz CT molecular complexity index is 602. The van der Waals surface area contributed by atoms with Crippen molar-refractivity contribution in [3.8, 4) is 5.75 Å². The minimum absolute atomic E-state index is 0.180. The molecule has 0 spiro atoms.